The molecule has 0 aliphatic rings. The van der Waals surface area contributed by atoms with Gasteiger partial charge >= 0.3 is 0 Å². The van der Waals surface area contributed by atoms with Gasteiger partial charge in [-0.25, -0.2) is 4.99 Å². The van der Waals surface area contributed by atoms with E-state index in [-0.39, 0.29) is 0 Å². The largest absolute Gasteiger partial charge is 0.366 e. The lowest BCUT2D eigenvalue weighted by Crippen LogP contribution is -2.17. The molecular formula is C11H15IN2. The number of amidine groups is 1. The Kier molecular flexibility index (Phi) is 3.92. The van der Waals surface area contributed by atoms with Crippen LogP contribution >= 0.6 is 22.6 Å². The van der Waals surface area contributed by atoms with Gasteiger partial charge in [0.15, 0.2) is 0 Å². The molecule has 1 aromatic rings. The Bertz CT molecular complexity index is 356. The van der Waals surface area contributed by atoms with E-state index in [0.717, 1.165) is 11.5 Å². The van der Waals surface area contributed by atoms with E-state index in [4.69, 9.17) is 0 Å². The molecule has 0 unspecified atom stereocenters. The number of rotatable bonds is 1. The Morgan fingerprint density at radius 2 is 2.00 bits per heavy atom. The van der Waals surface area contributed by atoms with E-state index < -0.39 is 0 Å². The quantitative estimate of drug-likeness (QED) is 0.442. The molecule has 3 heteroatoms. The van der Waals surface area contributed by atoms with E-state index in [1.54, 1.807) is 0 Å². The molecule has 0 bridgehead atoms. The highest BCUT2D eigenvalue weighted by molar-refractivity contribution is 14.1. The summed E-state index contributed by atoms with van der Waals surface area (Å²) >= 11 is 2.30. The highest BCUT2D eigenvalue weighted by Crippen LogP contribution is 2.21. The zero-order valence-electron chi connectivity index (χ0n) is 9.00. The molecule has 76 valence electrons. The lowest BCUT2D eigenvalue weighted by molar-refractivity contribution is 0.619. The fourth-order valence-electron chi connectivity index (χ4n) is 0.977. The van der Waals surface area contributed by atoms with Crippen LogP contribution in [0.3, 0.4) is 0 Å². The Balaban J connectivity index is 3.07. The lowest BCUT2D eigenvalue weighted by atomic mass is 10.2. The maximum atomic E-state index is 4.56. The normalized spacial score (nSPS) is 11.6. The Hall–Kier alpha value is -0.580. The van der Waals surface area contributed by atoms with Gasteiger partial charge in [0, 0.05) is 17.7 Å². The van der Waals surface area contributed by atoms with Gasteiger partial charge in [-0.05, 0) is 54.1 Å². The molecular weight excluding hydrogens is 287 g/mol. The average Bonchev–Trinajstić information content (AvgIpc) is 2.11. The van der Waals surface area contributed by atoms with Gasteiger partial charge in [0.05, 0.1) is 5.69 Å². The first-order valence-electron chi connectivity index (χ1n) is 4.49. The predicted molar refractivity (Wildman–Crippen MR) is 70.4 cm³/mol. The summed E-state index contributed by atoms with van der Waals surface area (Å²) < 4.78 is 1.22. The number of aliphatic imine (C=N–C) groups is 1. The summed E-state index contributed by atoms with van der Waals surface area (Å²) in [5.41, 5.74) is 2.27. The minimum atomic E-state index is 1.02. The molecule has 0 amide bonds. The van der Waals surface area contributed by atoms with Crippen molar-refractivity contribution < 1.29 is 0 Å². The van der Waals surface area contributed by atoms with E-state index in [1.165, 1.54) is 9.13 Å². The van der Waals surface area contributed by atoms with E-state index in [0.29, 0.717) is 0 Å². The van der Waals surface area contributed by atoms with Crippen molar-refractivity contribution in [3.63, 3.8) is 0 Å². The molecule has 1 rings (SSSR count). The van der Waals surface area contributed by atoms with Gasteiger partial charge in [-0.3, -0.25) is 0 Å². The van der Waals surface area contributed by atoms with Crippen LogP contribution in [0.5, 0.6) is 0 Å². The molecule has 1 aromatic carbocycles. The molecule has 0 atom stereocenters. The van der Waals surface area contributed by atoms with Gasteiger partial charge in [0.1, 0.15) is 5.84 Å². The topological polar surface area (TPSA) is 15.6 Å². The van der Waals surface area contributed by atoms with Gasteiger partial charge in [0.2, 0.25) is 0 Å². The van der Waals surface area contributed by atoms with Crippen LogP contribution in [0.15, 0.2) is 23.2 Å². The molecule has 0 N–H and O–H groups in total. The van der Waals surface area contributed by atoms with Crippen molar-refractivity contribution in [3.05, 3.63) is 27.3 Å². The lowest BCUT2D eigenvalue weighted by Gasteiger charge is -2.11. The molecule has 0 saturated carbocycles. The van der Waals surface area contributed by atoms with Crippen molar-refractivity contribution in [3.8, 4) is 0 Å². The van der Waals surface area contributed by atoms with Crippen LogP contribution in [-0.4, -0.2) is 24.8 Å². The van der Waals surface area contributed by atoms with Crippen LogP contribution in [0.2, 0.25) is 0 Å². The smallest absolute Gasteiger partial charge is 0.101 e. The van der Waals surface area contributed by atoms with Crippen LogP contribution in [0.25, 0.3) is 0 Å². The van der Waals surface area contributed by atoms with Gasteiger partial charge < -0.3 is 4.90 Å². The van der Waals surface area contributed by atoms with Crippen molar-refractivity contribution in [1.29, 1.82) is 0 Å². The number of halogens is 1. The first kappa shape index (κ1) is 11.5. The van der Waals surface area contributed by atoms with Crippen molar-refractivity contribution in [2.75, 3.05) is 14.1 Å². The van der Waals surface area contributed by atoms with Crippen molar-refractivity contribution >= 4 is 34.1 Å². The van der Waals surface area contributed by atoms with Gasteiger partial charge in [-0.2, -0.15) is 0 Å². The van der Waals surface area contributed by atoms with Gasteiger partial charge in [-0.15, -0.1) is 0 Å². The molecule has 0 spiro atoms. The zero-order valence-corrected chi connectivity index (χ0v) is 11.2. The molecule has 0 heterocycles. The molecule has 0 aliphatic heterocycles. The summed E-state index contributed by atoms with van der Waals surface area (Å²) in [5, 5.41) is 0. The van der Waals surface area contributed by atoms with E-state index in [2.05, 4.69) is 52.7 Å². The van der Waals surface area contributed by atoms with E-state index >= 15 is 0 Å². The second kappa shape index (κ2) is 4.77. The van der Waals surface area contributed by atoms with Crippen molar-refractivity contribution in [1.82, 2.24) is 4.90 Å². The number of nitrogens with zero attached hydrogens (tertiary/aromatic N) is 2. The number of benzene rings is 1. The third-order valence-electron chi connectivity index (χ3n) is 2.10. The summed E-state index contributed by atoms with van der Waals surface area (Å²) in [4.78, 5) is 6.57. The summed E-state index contributed by atoms with van der Waals surface area (Å²) in [5.74, 6) is 1.02. The first-order chi connectivity index (χ1) is 6.50. The standard InChI is InChI=1S/C11H15IN2/c1-8-5-6-10(12)7-11(8)13-9(2)14(3)4/h5-7H,1-4H3/b13-9+. The summed E-state index contributed by atoms with van der Waals surface area (Å²) in [6.45, 7) is 4.09. The summed E-state index contributed by atoms with van der Waals surface area (Å²) in [6, 6.07) is 6.30. The van der Waals surface area contributed by atoms with Crippen molar-refractivity contribution in [2.24, 2.45) is 4.99 Å². The van der Waals surface area contributed by atoms with E-state index in [1.807, 2.05) is 25.9 Å². The summed E-state index contributed by atoms with van der Waals surface area (Å²) in [6.07, 6.45) is 0. The van der Waals surface area contributed by atoms with E-state index in [9.17, 15) is 0 Å². The minimum Gasteiger partial charge on any atom is -0.366 e. The Morgan fingerprint density at radius 1 is 1.36 bits per heavy atom. The number of hydrogen-bond donors (Lipinski definition) is 0. The molecule has 14 heavy (non-hydrogen) atoms. The Labute approximate surface area is 99.2 Å². The SMILES string of the molecule is C/C(=N\c1cc(I)ccc1C)N(C)C. The summed E-state index contributed by atoms with van der Waals surface area (Å²) in [7, 11) is 4.00. The van der Waals surface area contributed by atoms with Crippen molar-refractivity contribution in [2.45, 2.75) is 13.8 Å². The second-order valence-electron chi connectivity index (χ2n) is 3.48. The number of hydrogen-bond acceptors (Lipinski definition) is 1. The molecule has 0 aromatic heterocycles. The highest BCUT2D eigenvalue weighted by atomic mass is 127. The number of aryl methyl sites for hydroxylation is 1. The Morgan fingerprint density at radius 3 is 2.57 bits per heavy atom. The van der Waals surface area contributed by atoms with Crippen LogP contribution < -0.4 is 0 Å². The van der Waals surface area contributed by atoms with Crippen LogP contribution in [0, 0.1) is 10.5 Å². The molecule has 0 saturated heterocycles. The van der Waals surface area contributed by atoms with Gasteiger partial charge in [0.25, 0.3) is 0 Å². The maximum Gasteiger partial charge on any atom is 0.101 e. The minimum absolute atomic E-state index is 1.02. The fraction of sp³-hybridized carbons (Fsp3) is 0.364. The average molecular weight is 302 g/mol. The van der Waals surface area contributed by atoms with Crippen LogP contribution in [0.4, 0.5) is 5.69 Å². The van der Waals surface area contributed by atoms with Gasteiger partial charge in [-0.1, -0.05) is 6.07 Å². The third kappa shape index (κ3) is 2.97. The third-order valence-corrected chi connectivity index (χ3v) is 2.77. The van der Waals surface area contributed by atoms with Crippen LogP contribution in [0.1, 0.15) is 12.5 Å². The second-order valence-corrected chi connectivity index (χ2v) is 4.73. The van der Waals surface area contributed by atoms with Crippen LogP contribution in [-0.2, 0) is 0 Å². The molecule has 2 nitrogen and oxygen atoms in total. The maximum absolute atomic E-state index is 4.56. The monoisotopic (exact) mass is 302 g/mol. The zero-order chi connectivity index (χ0) is 10.7. The first-order valence-corrected chi connectivity index (χ1v) is 5.57. The highest BCUT2D eigenvalue weighted by Gasteiger charge is 1.99. The molecule has 0 aliphatic carbocycles. The molecule has 0 fully saturated rings. The molecule has 0 radical (unpaired) electrons. The fourth-order valence-corrected chi connectivity index (χ4v) is 1.45. The predicted octanol–water partition coefficient (Wildman–Crippen LogP) is 3.21.